The summed E-state index contributed by atoms with van der Waals surface area (Å²) in [6.07, 6.45) is 4.30. The van der Waals surface area contributed by atoms with Crippen molar-refractivity contribution in [1.29, 1.82) is 0 Å². The molecule has 2 fully saturated rings. The van der Waals surface area contributed by atoms with Gasteiger partial charge >= 0.3 is 0 Å². The Kier molecular flexibility index (Phi) is 3.12. The fraction of sp³-hybridized carbons (Fsp3) is 0.533. The molecule has 18 heavy (non-hydrogen) atoms. The third kappa shape index (κ3) is 1.77. The molecule has 0 aliphatic carbocycles. The highest BCUT2D eigenvalue weighted by atomic mass is 32.1. The molecular formula is C15H19NOS. The van der Waals surface area contributed by atoms with Crippen LogP contribution in [0.15, 0.2) is 30.3 Å². The van der Waals surface area contributed by atoms with Crippen LogP contribution in [0.5, 0.6) is 0 Å². The molecule has 2 atom stereocenters. The van der Waals surface area contributed by atoms with Crippen molar-refractivity contribution in [3.05, 3.63) is 35.9 Å². The molecule has 2 aliphatic rings. The number of ether oxygens (including phenoxy) is 1. The molecule has 0 spiro atoms. The van der Waals surface area contributed by atoms with E-state index in [1.165, 1.54) is 5.56 Å². The summed E-state index contributed by atoms with van der Waals surface area (Å²) < 4.78 is 6.17. The van der Waals surface area contributed by atoms with E-state index in [1.54, 1.807) is 0 Å². The lowest BCUT2D eigenvalue weighted by atomic mass is 9.94. The first-order chi connectivity index (χ1) is 8.77. The average molecular weight is 261 g/mol. The Labute approximate surface area is 114 Å². The Hall–Kier alpha value is -0.930. The van der Waals surface area contributed by atoms with Crippen molar-refractivity contribution in [3.63, 3.8) is 0 Å². The van der Waals surface area contributed by atoms with Gasteiger partial charge in [-0.1, -0.05) is 49.5 Å². The van der Waals surface area contributed by atoms with E-state index in [1.807, 2.05) is 0 Å². The van der Waals surface area contributed by atoms with Gasteiger partial charge in [0.1, 0.15) is 5.72 Å². The second kappa shape index (κ2) is 4.63. The molecule has 3 heteroatoms. The monoisotopic (exact) mass is 261 g/mol. The smallest absolute Gasteiger partial charge is 0.141 e. The maximum absolute atomic E-state index is 6.17. The van der Waals surface area contributed by atoms with Gasteiger partial charge in [-0.2, -0.15) is 0 Å². The fourth-order valence-corrected chi connectivity index (χ4v) is 3.70. The largest absolute Gasteiger partial charge is 0.353 e. The summed E-state index contributed by atoms with van der Waals surface area (Å²) in [6.45, 7) is 2.96. The van der Waals surface area contributed by atoms with Crippen LogP contribution in [-0.2, 0) is 4.74 Å². The maximum atomic E-state index is 6.17. The maximum Gasteiger partial charge on any atom is 0.141 e. The van der Waals surface area contributed by atoms with Crippen LogP contribution in [0.3, 0.4) is 0 Å². The zero-order valence-electron chi connectivity index (χ0n) is 10.8. The Morgan fingerprint density at radius 3 is 2.89 bits per heavy atom. The molecule has 2 aliphatic heterocycles. The Morgan fingerprint density at radius 2 is 2.17 bits per heavy atom. The molecular weight excluding hydrogens is 242 g/mol. The number of thiocarbonyl (C=S) groups is 1. The van der Waals surface area contributed by atoms with Gasteiger partial charge in [0.05, 0.1) is 17.6 Å². The molecule has 1 aromatic rings. The van der Waals surface area contributed by atoms with Gasteiger partial charge in [0, 0.05) is 0 Å². The number of rotatable bonds is 2. The number of hydrogen-bond donors (Lipinski definition) is 0. The van der Waals surface area contributed by atoms with Crippen LogP contribution >= 0.6 is 12.2 Å². The van der Waals surface area contributed by atoms with Crippen molar-refractivity contribution >= 4 is 17.2 Å². The second-order valence-electron chi connectivity index (χ2n) is 5.15. The van der Waals surface area contributed by atoms with Crippen molar-refractivity contribution in [2.24, 2.45) is 0 Å². The summed E-state index contributed by atoms with van der Waals surface area (Å²) in [5, 5.41) is 0. The van der Waals surface area contributed by atoms with Crippen molar-refractivity contribution in [2.75, 3.05) is 6.61 Å². The number of nitrogens with zero attached hydrogens (tertiary/aromatic N) is 1. The predicted octanol–water partition coefficient (Wildman–Crippen LogP) is 3.68. The Morgan fingerprint density at radius 1 is 1.39 bits per heavy atom. The van der Waals surface area contributed by atoms with E-state index in [-0.39, 0.29) is 5.72 Å². The highest BCUT2D eigenvalue weighted by Gasteiger charge is 2.49. The van der Waals surface area contributed by atoms with E-state index in [9.17, 15) is 0 Å². The molecule has 0 bridgehead atoms. The molecule has 96 valence electrons. The van der Waals surface area contributed by atoms with Crippen LogP contribution in [0.2, 0.25) is 0 Å². The van der Waals surface area contributed by atoms with E-state index in [2.05, 4.69) is 42.2 Å². The average Bonchev–Trinajstić information content (AvgIpc) is 2.81. The number of piperidine rings is 1. The summed E-state index contributed by atoms with van der Waals surface area (Å²) in [7, 11) is 0. The molecule has 2 heterocycles. The van der Waals surface area contributed by atoms with E-state index in [0.717, 1.165) is 37.3 Å². The van der Waals surface area contributed by atoms with Crippen LogP contribution in [0.4, 0.5) is 0 Å². The first kappa shape index (κ1) is 12.1. The van der Waals surface area contributed by atoms with Gasteiger partial charge in [-0.25, -0.2) is 0 Å². The van der Waals surface area contributed by atoms with E-state index in [4.69, 9.17) is 17.0 Å². The van der Waals surface area contributed by atoms with Crippen molar-refractivity contribution in [2.45, 2.75) is 44.4 Å². The number of benzene rings is 1. The summed E-state index contributed by atoms with van der Waals surface area (Å²) in [6, 6.07) is 10.9. The lowest BCUT2D eigenvalue weighted by Gasteiger charge is -2.44. The van der Waals surface area contributed by atoms with E-state index in [0.29, 0.717) is 6.04 Å². The van der Waals surface area contributed by atoms with Gasteiger partial charge in [-0.05, 0) is 31.2 Å². The van der Waals surface area contributed by atoms with Crippen molar-refractivity contribution in [3.8, 4) is 0 Å². The fourth-order valence-electron chi connectivity index (χ4n) is 3.26. The van der Waals surface area contributed by atoms with Gasteiger partial charge in [-0.15, -0.1) is 0 Å². The molecule has 2 saturated heterocycles. The third-order valence-corrected chi connectivity index (χ3v) is 4.62. The first-order valence-electron chi connectivity index (χ1n) is 6.78. The lowest BCUT2D eigenvalue weighted by Crippen LogP contribution is -2.50. The first-order valence-corrected chi connectivity index (χ1v) is 7.19. The minimum atomic E-state index is -0.129. The van der Waals surface area contributed by atoms with Crippen LogP contribution in [0.25, 0.3) is 0 Å². The summed E-state index contributed by atoms with van der Waals surface area (Å²) >= 11 is 5.60. The quantitative estimate of drug-likeness (QED) is 0.754. The molecule has 0 aromatic heterocycles. The highest BCUT2D eigenvalue weighted by Crippen LogP contribution is 2.45. The summed E-state index contributed by atoms with van der Waals surface area (Å²) in [5.74, 6) is 0. The minimum Gasteiger partial charge on any atom is -0.353 e. The van der Waals surface area contributed by atoms with Crippen molar-refractivity contribution in [1.82, 2.24) is 4.90 Å². The zero-order chi connectivity index (χ0) is 12.6. The highest BCUT2D eigenvalue weighted by molar-refractivity contribution is 7.80. The number of hydrogen-bond acceptors (Lipinski definition) is 2. The standard InChI is InChI=1S/C15H19NOS/c1-2-15-10-6-9-14(18)16(15)13(11-17-15)12-7-4-3-5-8-12/h3-5,7-8,13H,2,6,9-11H2,1H3/t13-,15-/m1/s1. The van der Waals surface area contributed by atoms with E-state index < -0.39 is 0 Å². The molecule has 0 unspecified atom stereocenters. The minimum absolute atomic E-state index is 0.129. The predicted molar refractivity (Wildman–Crippen MR) is 76.4 cm³/mol. The third-order valence-electron chi connectivity index (χ3n) is 4.22. The Bertz CT molecular complexity index is 447. The molecule has 3 rings (SSSR count). The van der Waals surface area contributed by atoms with Crippen LogP contribution in [0, 0.1) is 0 Å². The van der Waals surface area contributed by atoms with Crippen LogP contribution in [0.1, 0.15) is 44.2 Å². The van der Waals surface area contributed by atoms with Gasteiger partial charge in [0.25, 0.3) is 0 Å². The Balaban J connectivity index is 1.96. The summed E-state index contributed by atoms with van der Waals surface area (Å²) in [4.78, 5) is 3.45. The van der Waals surface area contributed by atoms with E-state index >= 15 is 0 Å². The number of fused-ring (bicyclic) bond motifs is 1. The molecule has 0 saturated carbocycles. The van der Waals surface area contributed by atoms with Gasteiger partial charge in [-0.3, -0.25) is 0 Å². The van der Waals surface area contributed by atoms with Crippen LogP contribution < -0.4 is 0 Å². The van der Waals surface area contributed by atoms with Gasteiger partial charge < -0.3 is 9.64 Å². The lowest BCUT2D eigenvalue weighted by molar-refractivity contribution is -0.0729. The van der Waals surface area contributed by atoms with Crippen LogP contribution in [-0.4, -0.2) is 22.2 Å². The van der Waals surface area contributed by atoms with Gasteiger partial charge in [0.15, 0.2) is 0 Å². The second-order valence-corrected chi connectivity index (χ2v) is 5.63. The topological polar surface area (TPSA) is 12.5 Å². The zero-order valence-corrected chi connectivity index (χ0v) is 11.6. The summed E-state index contributed by atoms with van der Waals surface area (Å²) in [5.41, 5.74) is 1.19. The molecule has 0 N–H and O–H groups in total. The molecule has 0 amide bonds. The molecule has 1 aromatic carbocycles. The molecule has 0 radical (unpaired) electrons. The normalized spacial score (nSPS) is 31.5. The molecule has 2 nitrogen and oxygen atoms in total. The SMILES string of the molecule is CC[C@@]12CCCC(=S)N1[C@@H](c1ccccc1)CO2. The van der Waals surface area contributed by atoms with Crippen molar-refractivity contribution < 1.29 is 4.74 Å². The van der Waals surface area contributed by atoms with Gasteiger partial charge in [0.2, 0.25) is 0 Å².